The molecule has 2 amide bonds. The fourth-order valence-electron chi connectivity index (χ4n) is 5.61. The van der Waals surface area contributed by atoms with E-state index in [0.717, 1.165) is 96.7 Å². The Morgan fingerprint density at radius 1 is 0.909 bits per heavy atom. The first-order valence-corrected chi connectivity index (χ1v) is 12.8. The summed E-state index contributed by atoms with van der Waals surface area (Å²) in [5.41, 5.74) is 0.979. The van der Waals surface area contributed by atoms with Gasteiger partial charge in [-0.15, -0.1) is 0 Å². The van der Waals surface area contributed by atoms with Gasteiger partial charge in [-0.1, -0.05) is 18.2 Å². The monoisotopic (exact) mass is 456 g/mol. The lowest BCUT2D eigenvalue weighted by Crippen LogP contribution is -2.60. The van der Waals surface area contributed by atoms with Crippen molar-refractivity contribution in [3.05, 3.63) is 30.3 Å². The Hall–Kier alpha value is -1.96. The zero-order valence-corrected chi connectivity index (χ0v) is 20.0. The molecule has 1 aromatic rings. The topological polar surface area (TPSA) is 65.1 Å². The minimum absolute atomic E-state index is 0.0875. The predicted molar refractivity (Wildman–Crippen MR) is 130 cm³/mol. The summed E-state index contributed by atoms with van der Waals surface area (Å²) in [6.07, 6.45) is 8.04. The van der Waals surface area contributed by atoms with E-state index < -0.39 is 0 Å². The van der Waals surface area contributed by atoms with Crippen LogP contribution in [0.15, 0.2) is 30.3 Å². The van der Waals surface area contributed by atoms with Gasteiger partial charge in [0.2, 0.25) is 11.8 Å². The second-order valence-corrected chi connectivity index (χ2v) is 9.81. The number of nitrogens with one attached hydrogen (secondary N) is 1. The molecule has 3 aliphatic heterocycles. The zero-order valence-electron chi connectivity index (χ0n) is 20.0. The highest BCUT2D eigenvalue weighted by molar-refractivity contribution is 5.90. The molecule has 33 heavy (non-hydrogen) atoms. The van der Waals surface area contributed by atoms with E-state index in [0.29, 0.717) is 18.9 Å². The number of likely N-dealkylation sites (tertiary alicyclic amines) is 1. The van der Waals surface area contributed by atoms with Crippen LogP contribution in [0.5, 0.6) is 0 Å². The zero-order chi connectivity index (χ0) is 22.9. The van der Waals surface area contributed by atoms with Gasteiger partial charge in [-0.05, 0) is 57.1 Å². The molecular weight excluding hydrogens is 416 g/mol. The lowest BCUT2D eigenvalue weighted by molar-refractivity contribution is -0.134. The van der Waals surface area contributed by atoms with E-state index >= 15 is 0 Å². The number of para-hydroxylation sites is 1. The van der Waals surface area contributed by atoms with Crippen LogP contribution in [0, 0.1) is 0 Å². The first-order valence-electron chi connectivity index (χ1n) is 12.8. The summed E-state index contributed by atoms with van der Waals surface area (Å²) in [5, 5.41) is 3.00. The highest BCUT2D eigenvalue weighted by Gasteiger charge is 2.39. The number of benzene rings is 1. The lowest BCUT2D eigenvalue weighted by atomic mass is 9.82. The van der Waals surface area contributed by atoms with Crippen LogP contribution in [0.3, 0.4) is 0 Å². The first kappa shape index (κ1) is 24.2. The van der Waals surface area contributed by atoms with E-state index in [2.05, 4.69) is 20.0 Å². The molecule has 7 nitrogen and oxygen atoms in total. The molecule has 182 valence electrons. The molecule has 0 spiro atoms. The standard InChI is InChI=1S/C26H40N4O3/c31-24(27-23-8-3-1-4-9-23)10-7-11-26(12-20-33-21-13-26)30-18-16-28(17-19-30)22-25(32)29-14-5-2-6-15-29/h1,3-4,8-9H,2,5-7,10-22H2,(H,27,31). The van der Waals surface area contributed by atoms with Gasteiger partial charge in [0.15, 0.2) is 0 Å². The summed E-state index contributed by atoms with van der Waals surface area (Å²) < 4.78 is 5.70. The SMILES string of the molecule is O=C(CCCC1(N2CCN(CC(=O)N3CCCCC3)CC2)CCOCC1)Nc1ccccc1. The molecule has 1 N–H and O–H groups in total. The first-order chi connectivity index (χ1) is 16.1. The minimum Gasteiger partial charge on any atom is -0.381 e. The predicted octanol–water partition coefficient (Wildman–Crippen LogP) is 2.97. The van der Waals surface area contributed by atoms with Crippen LogP contribution in [0.2, 0.25) is 0 Å². The molecule has 0 atom stereocenters. The van der Waals surface area contributed by atoms with Crippen LogP contribution in [0.4, 0.5) is 5.69 Å². The van der Waals surface area contributed by atoms with Gasteiger partial charge >= 0.3 is 0 Å². The van der Waals surface area contributed by atoms with Crippen molar-refractivity contribution >= 4 is 17.5 Å². The van der Waals surface area contributed by atoms with Crippen LogP contribution in [0.25, 0.3) is 0 Å². The van der Waals surface area contributed by atoms with Crippen LogP contribution in [0.1, 0.15) is 51.4 Å². The third-order valence-electron chi connectivity index (χ3n) is 7.64. The summed E-state index contributed by atoms with van der Waals surface area (Å²) in [6.45, 7) is 7.87. The molecule has 0 radical (unpaired) electrons. The molecule has 0 unspecified atom stereocenters. The number of amides is 2. The number of ether oxygens (including phenoxy) is 1. The van der Waals surface area contributed by atoms with E-state index in [1.165, 1.54) is 6.42 Å². The fraction of sp³-hybridized carbons (Fsp3) is 0.692. The van der Waals surface area contributed by atoms with Gasteiger partial charge < -0.3 is 15.0 Å². The molecule has 7 heteroatoms. The Morgan fingerprint density at radius 3 is 2.30 bits per heavy atom. The highest BCUT2D eigenvalue weighted by Crippen LogP contribution is 2.34. The van der Waals surface area contributed by atoms with Crippen molar-refractivity contribution in [3.63, 3.8) is 0 Å². The number of piperidine rings is 1. The largest absolute Gasteiger partial charge is 0.381 e. The smallest absolute Gasteiger partial charge is 0.236 e. The molecule has 0 aromatic heterocycles. The van der Waals surface area contributed by atoms with Crippen molar-refractivity contribution < 1.29 is 14.3 Å². The Bertz CT molecular complexity index is 752. The van der Waals surface area contributed by atoms with Gasteiger partial charge in [0, 0.05) is 70.1 Å². The quantitative estimate of drug-likeness (QED) is 0.652. The summed E-state index contributed by atoms with van der Waals surface area (Å²) >= 11 is 0. The number of piperazine rings is 1. The van der Waals surface area contributed by atoms with Gasteiger partial charge in [0.05, 0.1) is 6.54 Å². The van der Waals surface area contributed by atoms with E-state index in [1.807, 2.05) is 30.3 Å². The molecule has 3 heterocycles. The van der Waals surface area contributed by atoms with Gasteiger partial charge in [0.25, 0.3) is 0 Å². The van der Waals surface area contributed by atoms with Crippen LogP contribution < -0.4 is 5.32 Å². The Balaban J connectivity index is 1.24. The molecule has 4 rings (SSSR count). The third kappa shape index (κ3) is 6.78. The number of hydrogen-bond donors (Lipinski definition) is 1. The van der Waals surface area contributed by atoms with Crippen molar-refractivity contribution in [1.82, 2.24) is 14.7 Å². The van der Waals surface area contributed by atoms with Gasteiger partial charge in [-0.25, -0.2) is 0 Å². The maximum atomic E-state index is 12.7. The molecule has 3 saturated heterocycles. The number of hydrogen-bond acceptors (Lipinski definition) is 5. The fourth-order valence-corrected chi connectivity index (χ4v) is 5.61. The third-order valence-corrected chi connectivity index (χ3v) is 7.64. The maximum Gasteiger partial charge on any atom is 0.236 e. The van der Waals surface area contributed by atoms with Gasteiger partial charge in [0.1, 0.15) is 0 Å². The van der Waals surface area contributed by atoms with Gasteiger partial charge in [-0.2, -0.15) is 0 Å². The number of anilines is 1. The van der Waals surface area contributed by atoms with E-state index in [9.17, 15) is 9.59 Å². The summed E-state index contributed by atoms with van der Waals surface area (Å²) in [6, 6.07) is 9.67. The maximum absolute atomic E-state index is 12.7. The highest BCUT2D eigenvalue weighted by atomic mass is 16.5. The van der Waals surface area contributed by atoms with E-state index in [1.54, 1.807) is 0 Å². The molecule has 0 bridgehead atoms. The van der Waals surface area contributed by atoms with Gasteiger partial charge in [-0.3, -0.25) is 19.4 Å². The van der Waals surface area contributed by atoms with Crippen molar-refractivity contribution in [2.75, 3.05) is 64.3 Å². The van der Waals surface area contributed by atoms with Crippen LogP contribution >= 0.6 is 0 Å². The average molecular weight is 457 g/mol. The van der Waals surface area contributed by atoms with E-state index in [-0.39, 0.29) is 11.4 Å². The lowest BCUT2D eigenvalue weighted by Gasteiger charge is -2.50. The van der Waals surface area contributed by atoms with Crippen molar-refractivity contribution in [2.24, 2.45) is 0 Å². The molecule has 3 fully saturated rings. The second-order valence-electron chi connectivity index (χ2n) is 9.81. The molecular formula is C26H40N4O3. The number of carbonyl (C=O) groups excluding carboxylic acids is 2. The summed E-state index contributed by atoms with van der Waals surface area (Å²) in [5.74, 6) is 0.387. The molecule has 3 aliphatic rings. The molecule has 0 aliphatic carbocycles. The normalized spacial score (nSPS) is 22.1. The van der Waals surface area contributed by atoms with Crippen LogP contribution in [-0.4, -0.2) is 91.1 Å². The number of nitrogens with zero attached hydrogens (tertiary/aromatic N) is 3. The Labute approximate surface area is 198 Å². The number of rotatable bonds is 8. The second kappa shape index (κ2) is 12.0. The Morgan fingerprint density at radius 2 is 1.61 bits per heavy atom. The number of carbonyl (C=O) groups is 2. The van der Waals surface area contributed by atoms with Crippen molar-refractivity contribution in [2.45, 2.75) is 56.9 Å². The molecule has 0 saturated carbocycles. The summed E-state index contributed by atoms with van der Waals surface area (Å²) in [7, 11) is 0. The van der Waals surface area contributed by atoms with Crippen molar-refractivity contribution in [1.29, 1.82) is 0 Å². The van der Waals surface area contributed by atoms with Crippen molar-refractivity contribution in [3.8, 4) is 0 Å². The van der Waals surface area contributed by atoms with Crippen LogP contribution in [-0.2, 0) is 14.3 Å². The summed E-state index contributed by atoms with van der Waals surface area (Å²) in [4.78, 5) is 32.1. The molecule has 1 aromatic carbocycles. The average Bonchev–Trinajstić information content (AvgIpc) is 2.86. The minimum atomic E-state index is 0.0875. The van der Waals surface area contributed by atoms with E-state index in [4.69, 9.17) is 4.74 Å². The Kier molecular flexibility index (Phi) is 8.75.